The fraction of sp³-hybridized carbons (Fsp3) is 0.672. The summed E-state index contributed by atoms with van der Waals surface area (Å²) in [7, 11) is -4.78. The Morgan fingerprint density at radius 3 is 1.18 bits per heavy atom. The number of ether oxygens (including phenoxy) is 3. The van der Waals surface area contributed by atoms with Crippen LogP contribution in [0.15, 0.2) is 109 Å². The van der Waals surface area contributed by atoms with E-state index in [9.17, 15) is 28.9 Å². The SMILES string of the molecule is CC/C=C\C/C=C\C/C=C\C/C=C\C/C=C\C/C=C\CCC(=O)OC(COC(=O)CCCCCCCCCCC/C=C\C/C=C\CCCCC)COP(=O)(O)OCC(CO)OC(=O)CCCCCCC/C=C\CCCC. The maximum Gasteiger partial charge on any atom is 0.472 e. The van der Waals surface area contributed by atoms with E-state index in [1.165, 1.54) is 70.6 Å². The van der Waals surface area contributed by atoms with E-state index in [-0.39, 0.29) is 25.9 Å². The summed E-state index contributed by atoms with van der Waals surface area (Å²) in [6.07, 6.45) is 69.2. The fourth-order valence-electron chi connectivity index (χ4n) is 7.63. The fourth-order valence-corrected chi connectivity index (χ4v) is 8.41. The van der Waals surface area contributed by atoms with Gasteiger partial charge >= 0.3 is 25.7 Å². The molecular formula is C64H107O11P. The number of hydrogen-bond acceptors (Lipinski definition) is 10. The maximum absolute atomic E-state index is 12.9. The molecule has 0 spiro atoms. The van der Waals surface area contributed by atoms with E-state index in [1.54, 1.807) is 0 Å². The third-order valence-electron chi connectivity index (χ3n) is 12.2. The van der Waals surface area contributed by atoms with Crippen LogP contribution in [0.1, 0.15) is 239 Å². The minimum absolute atomic E-state index is 0.0367. The molecule has 3 atom stereocenters. The van der Waals surface area contributed by atoms with E-state index in [0.29, 0.717) is 25.7 Å². The van der Waals surface area contributed by atoms with Crippen LogP contribution in [0.25, 0.3) is 0 Å². The topological polar surface area (TPSA) is 155 Å². The van der Waals surface area contributed by atoms with E-state index < -0.39 is 57.8 Å². The second kappa shape index (κ2) is 57.3. The van der Waals surface area contributed by atoms with Gasteiger partial charge in [-0.25, -0.2) is 4.57 Å². The van der Waals surface area contributed by atoms with Crippen molar-refractivity contribution in [1.82, 2.24) is 0 Å². The molecule has 0 saturated carbocycles. The van der Waals surface area contributed by atoms with Crippen LogP contribution in [0.4, 0.5) is 0 Å². The van der Waals surface area contributed by atoms with Crippen molar-refractivity contribution in [1.29, 1.82) is 0 Å². The zero-order valence-corrected chi connectivity index (χ0v) is 48.8. The first-order valence-corrected chi connectivity index (χ1v) is 31.3. The molecular weight excluding hydrogens is 976 g/mol. The van der Waals surface area contributed by atoms with Gasteiger partial charge in [-0.3, -0.25) is 23.4 Å². The molecule has 0 amide bonds. The molecule has 2 N–H and O–H groups in total. The van der Waals surface area contributed by atoms with Crippen molar-refractivity contribution in [2.24, 2.45) is 0 Å². The average molecular weight is 1080 g/mol. The van der Waals surface area contributed by atoms with Crippen LogP contribution >= 0.6 is 7.82 Å². The Morgan fingerprint density at radius 1 is 0.382 bits per heavy atom. The Hall–Kier alpha value is -3.86. The number of aliphatic hydroxyl groups is 1. The molecule has 12 heteroatoms. The summed E-state index contributed by atoms with van der Waals surface area (Å²) in [6.45, 7) is 4.36. The quantitative estimate of drug-likeness (QED) is 0.0197. The molecule has 0 aromatic rings. The molecule has 0 aromatic heterocycles. The molecule has 0 aromatic carbocycles. The van der Waals surface area contributed by atoms with E-state index in [2.05, 4.69) is 118 Å². The molecule has 0 aliphatic carbocycles. The second-order valence-corrected chi connectivity index (χ2v) is 20.9. The molecule has 434 valence electrons. The van der Waals surface area contributed by atoms with Crippen molar-refractivity contribution in [3.63, 3.8) is 0 Å². The lowest BCUT2D eigenvalue weighted by molar-refractivity contribution is -0.161. The van der Waals surface area contributed by atoms with Crippen molar-refractivity contribution >= 4 is 25.7 Å². The molecule has 0 saturated heterocycles. The number of rotatable bonds is 54. The number of unbranched alkanes of at least 4 members (excludes halogenated alkanes) is 19. The molecule has 0 radical (unpaired) electrons. The molecule has 11 nitrogen and oxygen atoms in total. The largest absolute Gasteiger partial charge is 0.472 e. The number of hydrogen-bond donors (Lipinski definition) is 2. The van der Waals surface area contributed by atoms with Gasteiger partial charge in [0.2, 0.25) is 0 Å². The summed E-state index contributed by atoms with van der Waals surface area (Å²) in [5.74, 6) is -1.59. The lowest BCUT2D eigenvalue weighted by Gasteiger charge is -2.21. The number of carbonyl (C=O) groups excluding carboxylic acids is 3. The van der Waals surface area contributed by atoms with Gasteiger partial charge in [-0.2, -0.15) is 0 Å². The van der Waals surface area contributed by atoms with Crippen molar-refractivity contribution in [3.8, 4) is 0 Å². The van der Waals surface area contributed by atoms with Gasteiger partial charge in [-0.15, -0.1) is 0 Å². The number of phosphoric acid groups is 1. The smallest absolute Gasteiger partial charge is 0.462 e. The van der Waals surface area contributed by atoms with Crippen LogP contribution in [0.2, 0.25) is 0 Å². The molecule has 0 heterocycles. The van der Waals surface area contributed by atoms with E-state index in [4.69, 9.17) is 23.3 Å². The summed E-state index contributed by atoms with van der Waals surface area (Å²) in [4.78, 5) is 48.5. The molecule has 0 bridgehead atoms. The Bertz CT molecular complexity index is 1690. The van der Waals surface area contributed by atoms with Gasteiger partial charge in [0.1, 0.15) is 12.7 Å². The van der Waals surface area contributed by atoms with Gasteiger partial charge in [0.05, 0.1) is 19.8 Å². The maximum atomic E-state index is 12.9. The number of esters is 3. The third-order valence-corrected chi connectivity index (χ3v) is 13.1. The summed E-state index contributed by atoms with van der Waals surface area (Å²) >= 11 is 0. The first kappa shape index (κ1) is 72.1. The minimum Gasteiger partial charge on any atom is -0.462 e. The number of aliphatic hydroxyl groups excluding tert-OH is 1. The molecule has 3 unspecified atom stereocenters. The van der Waals surface area contributed by atoms with Gasteiger partial charge in [0.15, 0.2) is 6.10 Å². The zero-order chi connectivity index (χ0) is 55.5. The highest BCUT2D eigenvalue weighted by Gasteiger charge is 2.28. The predicted molar refractivity (Wildman–Crippen MR) is 316 cm³/mol. The summed E-state index contributed by atoms with van der Waals surface area (Å²) in [5.41, 5.74) is 0. The summed E-state index contributed by atoms with van der Waals surface area (Å²) in [6, 6.07) is 0. The molecule has 0 rings (SSSR count). The average Bonchev–Trinajstić information content (AvgIpc) is 3.41. The Balaban J connectivity index is 4.84. The molecule has 76 heavy (non-hydrogen) atoms. The first-order chi connectivity index (χ1) is 37.2. The molecule has 0 aliphatic heterocycles. The molecule has 0 aliphatic rings. The third kappa shape index (κ3) is 54.9. The van der Waals surface area contributed by atoms with Gasteiger partial charge in [-0.1, -0.05) is 220 Å². The van der Waals surface area contributed by atoms with E-state index in [0.717, 1.165) is 103 Å². The lowest BCUT2D eigenvalue weighted by atomic mass is 10.1. The Kier molecular flexibility index (Phi) is 54.4. The van der Waals surface area contributed by atoms with Crippen LogP contribution in [0.3, 0.4) is 0 Å². The van der Waals surface area contributed by atoms with Crippen molar-refractivity contribution in [3.05, 3.63) is 109 Å². The van der Waals surface area contributed by atoms with Crippen LogP contribution in [0.5, 0.6) is 0 Å². The normalized spacial score (nSPS) is 14.1. The highest BCUT2D eigenvalue weighted by molar-refractivity contribution is 7.47. The van der Waals surface area contributed by atoms with Gasteiger partial charge in [-0.05, 0) is 109 Å². The van der Waals surface area contributed by atoms with Gasteiger partial charge < -0.3 is 24.2 Å². The van der Waals surface area contributed by atoms with Gasteiger partial charge in [0, 0.05) is 19.3 Å². The van der Waals surface area contributed by atoms with Crippen LogP contribution in [-0.2, 0) is 42.2 Å². The Morgan fingerprint density at radius 2 is 0.724 bits per heavy atom. The predicted octanol–water partition coefficient (Wildman–Crippen LogP) is 17.8. The van der Waals surface area contributed by atoms with E-state index >= 15 is 0 Å². The number of allylic oxidation sites excluding steroid dienone is 18. The van der Waals surface area contributed by atoms with Crippen molar-refractivity contribution in [2.75, 3.05) is 26.4 Å². The zero-order valence-electron chi connectivity index (χ0n) is 47.9. The van der Waals surface area contributed by atoms with E-state index in [1.807, 2.05) is 12.2 Å². The van der Waals surface area contributed by atoms with Crippen molar-refractivity contribution < 1.29 is 52.2 Å². The van der Waals surface area contributed by atoms with Crippen LogP contribution in [0, 0.1) is 0 Å². The number of phosphoric ester groups is 1. The monoisotopic (exact) mass is 1080 g/mol. The second-order valence-electron chi connectivity index (χ2n) is 19.4. The first-order valence-electron chi connectivity index (χ1n) is 29.8. The number of carbonyl (C=O) groups is 3. The van der Waals surface area contributed by atoms with Crippen LogP contribution in [-0.4, -0.2) is 66.5 Å². The summed E-state index contributed by atoms with van der Waals surface area (Å²) in [5, 5.41) is 9.80. The Labute approximate surface area is 463 Å². The lowest BCUT2D eigenvalue weighted by Crippen LogP contribution is -2.30. The van der Waals surface area contributed by atoms with Crippen molar-refractivity contribution in [2.45, 2.75) is 251 Å². The standard InChI is InChI=1S/C64H107O11P/c1-4-7-10-13-16-19-22-24-26-28-30-32-34-36-39-41-44-47-50-53-62(66)71-57-61(75-64(68)55-52-49-46-43-40-37-35-33-31-29-27-25-23-20-17-14-11-8-5-2)59-73-76(69,70)72-58-60(56-65)74-63(67)54-51-48-45-42-38-21-18-15-12-9-6-3/h8,11,15-20,24-27,31,33,37,40,46,49,60-61,65H,4-7,9-10,12-14,21-23,28-30,32,34-36,38-39,41-45,47-48,50-59H2,1-3H3,(H,69,70)/b11-8-,18-15-,19-16-,20-17-,26-24-,27-25-,33-31-,40-37-,49-46-. The van der Waals surface area contributed by atoms with Gasteiger partial charge in [0.25, 0.3) is 0 Å². The minimum atomic E-state index is -4.78. The van der Waals surface area contributed by atoms with Crippen LogP contribution < -0.4 is 0 Å². The molecule has 0 fully saturated rings. The highest BCUT2D eigenvalue weighted by atomic mass is 31.2. The summed E-state index contributed by atoms with van der Waals surface area (Å²) < 4.78 is 39.4. The highest BCUT2D eigenvalue weighted by Crippen LogP contribution is 2.43.